The first-order valence-electron chi connectivity index (χ1n) is 8.43. The van der Waals surface area contributed by atoms with Gasteiger partial charge in [-0.25, -0.2) is 15.4 Å². The Morgan fingerprint density at radius 1 is 1.22 bits per heavy atom. The van der Waals surface area contributed by atoms with Crippen molar-refractivity contribution in [2.24, 2.45) is 7.05 Å². The molecule has 0 saturated carbocycles. The van der Waals surface area contributed by atoms with Crippen LogP contribution in [0, 0.1) is 0 Å². The second-order valence-electron chi connectivity index (χ2n) is 6.30. The number of aryl methyl sites for hydroxylation is 1. The predicted molar refractivity (Wildman–Crippen MR) is 97.9 cm³/mol. The predicted octanol–water partition coefficient (Wildman–Crippen LogP) is 1.73. The van der Waals surface area contributed by atoms with E-state index in [1.165, 1.54) is 12.4 Å². The summed E-state index contributed by atoms with van der Waals surface area (Å²) in [5.41, 5.74) is 5.96. The van der Waals surface area contributed by atoms with Gasteiger partial charge < -0.3 is 5.11 Å². The third-order valence-corrected chi connectivity index (χ3v) is 4.24. The van der Waals surface area contributed by atoms with Crippen molar-refractivity contribution in [3.63, 3.8) is 0 Å². The van der Waals surface area contributed by atoms with E-state index in [1.807, 2.05) is 43.6 Å². The highest BCUT2D eigenvalue weighted by Gasteiger charge is 2.22. The summed E-state index contributed by atoms with van der Waals surface area (Å²) in [6.45, 7) is 0.395. The van der Waals surface area contributed by atoms with E-state index >= 15 is 0 Å². The molecule has 0 bridgehead atoms. The van der Waals surface area contributed by atoms with Crippen LogP contribution in [0.15, 0.2) is 61.2 Å². The van der Waals surface area contributed by atoms with Gasteiger partial charge in [-0.1, -0.05) is 24.3 Å². The van der Waals surface area contributed by atoms with Crippen molar-refractivity contribution in [3.05, 3.63) is 72.3 Å². The number of hydrogen-bond acceptors (Lipinski definition) is 6. The quantitative estimate of drug-likeness (QED) is 0.734. The third kappa shape index (κ3) is 3.70. The molecule has 2 aromatic heterocycles. The number of carbonyl (C=O) groups is 1. The van der Waals surface area contributed by atoms with Crippen LogP contribution in [-0.2, 0) is 18.4 Å². The molecule has 1 unspecified atom stereocenters. The van der Waals surface area contributed by atoms with Crippen molar-refractivity contribution in [1.82, 2.24) is 30.2 Å². The average Bonchev–Trinajstić information content (AvgIpc) is 3.11. The van der Waals surface area contributed by atoms with Crippen molar-refractivity contribution in [3.8, 4) is 17.1 Å². The van der Waals surface area contributed by atoms with E-state index in [4.69, 9.17) is 0 Å². The smallest absolute Gasteiger partial charge is 0.260 e. The molecule has 1 aliphatic rings. The van der Waals surface area contributed by atoms with Crippen LogP contribution in [-0.4, -0.2) is 35.8 Å². The Morgan fingerprint density at radius 2 is 2.04 bits per heavy atom. The zero-order valence-corrected chi connectivity index (χ0v) is 14.6. The fourth-order valence-corrected chi connectivity index (χ4v) is 2.91. The van der Waals surface area contributed by atoms with Gasteiger partial charge in [-0.3, -0.25) is 14.5 Å². The van der Waals surface area contributed by atoms with Crippen LogP contribution < -0.4 is 5.43 Å². The standard InChI is InChI=1S/C19H18N6O2/c1-24-12-15(8-22-24)17-5-6-18(27)25(23-17)11-13-3-2-4-14(7-13)19-20-9-16(26)10-21-19/h2-10,12,17,23,26H,11H2,1H3. The lowest BCUT2D eigenvalue weighted by Gasteiger charge is -2.29. The number of amides is 1. The van der Waals surface area contributed by atoms with E-state index < -0.39 is 0 Å². The molecule has 4 rings (SSSR count). The van der Waals surface area contributed by atoms with Crippen LogP contribution in [0.3, 0.4) is 0 Å². The lowest BCUT2D eigenvalue weighted by molar-refractivity contribution is -0.131. The summed E-state index contributed by atoms with van der Waals surface area (Å²) in [5, 5.41) is 15.1. The maximum atomic E-state index is 12.3. The molecular weight excluding hydrogens is 344 g/mol. The molecule has 8 nitrogen and oxygen atoms in total. The highest BCUT2D eigenvalue weighted by atomic mass is 16.3. The first kappa shape index (κ1) is 16.9. The molecule has 0 aliphatic carbocycles. The van der Waals surface area contributed by atoms with Gasteiger partial charge in [0.1, 0.15) is 0 Å². The molecule has 136 valence electrons. The van der Waals surface area contributed by atoms with Crippen molar-refractivity contribution in [2.45, 2.75) is 12.6 Å². The zero-order chi connectivity index (χ0) is 18.8. The highest BCUT2D eigenvalue weighted by Crippen LogP contribution is 2.21. The fourth-order valence-electron chi connectivity index (χ4n) is 2.91. The van der Waals surface area contributed by atoms with E-state index in [-0.39, 0.29) is 17.7 Å². The Bertz CT molecular complexity index is 995. The summed E-state index contributed by atoms with van der Waals surface area (Å²) in [5.74, 6) is 0.424. The molecule has 0 saturated heterocycles. The van der Waals surface area contributed by atoms with E-state index in [0.29, 0.717) is 12.4 Å². The van der Waals surface area contributed by atoms with Gasteiger partial charge >= 0.3 is 0 Å². The minimum absolute atomic E-state index is 0.0197. The number of nitrogens with zero attached hydrogens (tertiary/aromatic N) is 5. The number of aromatic nitrogens is 4. The Labute approximate surface area is 155 Å². The Morgan fingerprint density at radius 3 is 2.78 bits per heavy atom. The molecule has 1 aromatic carbocycles. The summed E-state index contributed by atoms with van der Waals surface area (Å²) >= 11 is 0. The molecule has 0 fully saturated rings. The van der Waals surface area contributed by atoms with Gasteiger partial charge in [0.25, 0.3) is 5.91 Å². The van der Waals surface area contributed by atoms with E-state index in [1.54, 1.807) is 22.0 Å². The van der Waals surface area contributed by atoms with Crippen LogP contribution in [0.1, 0.15) is 17.2 Å². The van der Waals surface area contributed by atoms with Gasteiger partial charge in [-0.05, 0) is 11.6 Å². The maximum absolute atomic E-state index is 12.3. The number of nitrogens with one attached hydrogen (secondary N) is 1. The summed E-state index contributed by atoms with van der Waals surface area (Å²) < 4.78 is 1.73. The van der Waals surface area contributed by atoms with Crippen molar-refractivity contribution in [1.29, 1.82) is 0 Å². The maximum Gasteiger partial charge on any atom is 0.260 e. The second kappa shape index (κ2) is 7.00. The number of hydrogen-bond donors (Lipinski definition) is 2. The van der Waals surface area contributed by atoms with Crippen LogP contribution in [0.5, 0.6) is 5.75 Å². The zero-order valence-electron chi connectivity index (χ0n) is 14.6. The Kier molecular flexibility index (Phi) is 4.39. The summed E-state index contributed by atoms with van der Waals surface area (Å²) in [7, 11) is 1.86. The topological polar surface area (TPSA) is 96.2 Å². The molecule has 1 aliphatic heterocycles. The first-order valence-corrected chi connectivity index (χ1v) is 8.43. The lowest BCUT2D eigenvalue weighted by atomic mass is 10.1. The van der Waals surface area contributed by atoms with Crippen molar-refractivity contribution in [2.75, 3.05) is 0 Å². The molecule has 1 amide bonds. The molecule has 8 heteroatoms. The van der Waals surface area contributed by atoms with Crippen LogP contribution in [0.25, 0.3) is 11.4 Å². The molecule has 0 radical (unpaired) electrons. The number of hydrazine groups is 1. The van der Waals surface area contributed by atoms with E-state index in [0.717, 1.165) is 16.7 Å². The van der Waals surface area contributed by atoms with Crippen LogP contribution >= 0.6 is 0 Å². The SMILES string of the molecule is Cn1cc(C2C=CC(=O)N(Cc3cccc(-c4ncc(O)cn4)c3)N2)cn1. The van der Waals surface area contributed by atoms with Crippen molar-refractivity contribution < 1.29 is 9.90 Å². The monoisotopic (exact) mass is 362 g/mol. The minimum atomic E-state index is -0.111. The van der Waals surface area contributed by atoms with Gasteiger partial charge in [0.2, 0.25) is 0 Å². The number of aromatic hydroxyl groups is 1. The molecule has 0 spiro atoms. The Balaban J connectivity index is 1.53. The number of rotatable bonds is 4. The third-order valence-electron chi connectivity index (χ3n) is 4.24. The molecular formula is C19H18N6O2. The normalized spacial score (nSPS) is 16.7. The number of carbonyl (C=O) groups excluding carboxylic acids is 1. The number of benzene rings is 1. The lowest BCUT2D eigenvalue weighted by Crippen LogP contribution is -2.45. The van der Waals surface area contributed by atoms with Gasteiger partial charge in [-0.2, -0.15) is 5.10 Å². The van der Waals surface area contributed by atoms with Gasteiger partial charge in [0.15, 0.2) is 11.6 Å². The molecule has 27 heavy (non-hydrogen) atoms. The van der Waals surface area contributed by atoms with Crippen LogP contribution in [0.2, 0.25) is 0 Å². The van der Waals surface area contributed by atoms with Gasteiger partial charge in [-0.15, -0.1) is 0 Å². The highest BCUT2D eigenvalue weighted by molar-refractivity contribution is 5.88. The minimum Gasteiger partial charge on any atom is -0.505 e. The average molecular weight is 362 g/mol. The molecule has 3 heterocycles. The summed E-state index contributed by atoms with van der Waals surface area (Å²) in [6.07, 6.45) is 9.80. The Hall–Kier alpha value is -3.52. The second-order valence-corrected chi connectivity index (χ2v) is 6.30. The molecule has 2 N–H and O–H groups in total. The van der Waals surface area contributed by atoms with E-state index in [2.05, 4.69) is 20.5 Å². The van der Waals surface area contributed by atoms with Crippen LogP contribution in [0.4, 0.5) is 0 Å². The van der Waals surface area contributed by atoms with Crippen molar-refractivity contribution >= 4 is 5.91 Å². The van der Waals surface area contributed by atoms with Gasteiger partial charge in [0, 0.05) is 30.4 Å². The largest absolute Gasteiger partial charge is 0.505 e. The molecule has 3 aromatic rings. The molecule has 1 atom stereocenters. The first-order chi connectivity index (χ1) is 13.1. The summed E-state index contributed by atoms with van der Waals surface area (Å²) in [6, 6.07) is 7.54. The van der Waals surface area contributed by atoms with E-state index in [9.17, 15) is 9.90 Å². The fraction of sp³-hybridized carbons (Fsp3) is 0.158. The van der Waals surface area contributed by atoms with Gasteiger partial charge in [0.05, 0.1) is 31.2 Å². The summed E-state index contributed by atoms with van der Waals surface area (Å²) in [4.78, 5) is 20.5.